The average molecular weight is 311 g/mol. The number of benzene rings is 1. The molecule has 5 heteroatoms. The van der Waals surface area contributed by atoms with Gasteiger partial charge in [0.05, 0.1) is 0 Å². The molecule has 2 rings (SSSR count). The van der Waals surface area contributed by atoms with Crippen LogP contribution in [0.3, 0.4) is 0 Å². The van der Waals surface area contributed by atoms with E-state index in [1.165, 1.54) is 18.3 Å². The summed E-state index contributed by atoms with van der Waals surface area (Å²) in [5.74, 6) is -0.0127. The molecule has 0 aliphatic rings. The fourth-order valence-corrected chi connectivity index (χ4v) is 2.36. The van der Waals surface area contributed by atoms with E-state index in [-0.39, 0.29) is 5.78 Å². The summed E-state index contributed by atoms with van der Waals surface area (Å²) in [6, 6.07) is 5.97. The highest BCUT2D eigenvalue weighted by Crippen LogP contribution is 2.24. The molecule has 0 saturated heterocycles. The van der Waals surface area contributed by atoms with E-state index in [2.05, 4.69) is 26.2 Å². The van der Waals surface area contributed by atoms with Crippen molar-refractivity contribution in [3.8, 4) is 0 Å². The molecular formula is C12H11BrN2OS. The third-order valence-corrected chi connectivity index (χ3v) is 3.92. The first-order valence-electron chi connectivity index (χ1n) is 5.06. The van der Waals surface area contributed by atoms with Crippen molar-refractivity contribution in [3.05, 3.63) is 39.3 Å². The second-order valence-electron chi connectivity index (χ2n) is 3.68. The first kappa shape index (κ1) is 12.3. The van der Waals surface area contributed by atoms with Crippen LogP contribution in [0.4, 0.5) is 10.8 Å². The van der Waals surface area contributed by atoms with Crippen LogP contribution in [0, 0.1) is 6.92 Å². The van der Waals surface area contributed by atoms with Crippen molar-refractivity contribution in [1.29, 1.82) is 0 Å². The Morgan fingerprint density at radius 2 is 2.24 bits per heavy atom. The van der Waals surface area contributed by atoms with Crippen molar-refractivity contribution in [2.24, 2.45) is 0 Å². The van der Waals surface area contributed by atoms with Crippen molar-refractivity contribution in [2.45, 2.75) is 13.8 Å². The van der Waals surface area contributed by atoms with Gasteiger partial charge in [-0.3, -0.25) is 4.79 Å². The summed E-state index contributed by atoms with van der Waals surface area (Å²) in [4.78, 5) is 15.3. The Morgan fingerprint density at radius 1 is 1.47 bits per heavy atom. The van der Waals surface area contributed by atoms with Gasteiger partial charge in [-0.1, -0.05) is 15.9 Å². The number of rotatable bonds is 3. The van der Waals surface area contributed by atoms with Crippen LogP contribution in [0.1, 0.15) is 23.0 Å². The molecule has 0 unspecified atom stereocenters. The minimum Gasteiger partial charge on any atom is -0.332 e. The van der Waals surface area contributed by atoms with Gasteiger partial charge in [-0.05, 0) is 30.7 Å². The van der Waals surface area contributed by atoms with Gasteiger partial charge in [0.15, 0.2) is 10.9 Å². The van der Waals surface area contributed by atoms with Crippen LogP contribution < -0.4 is 5.32 Å². The Labute approximate surface area is 112 Å². The van der Waals surface area contributed by atoms with E-state index >= 15 is 0 Å². The van der Waals surface area contributed by atoms with Gasteiger partial charge in [0.1, 0.15) is 5.69 Å². The highest BCUT2D eigenvalue weighted by atomic mass is 79.9. The van der Waals surface area contributed by atoms with E-state index in [1.807, 2.05) is 25.1 Å². The normalized spacial score (nSPS) is 10.3. The molecule has 88 valence electrons. The summed E-state index contributed by atoms with van der Waals surface area (Å²) in [5, 5.41) is 5.68. The Bertz CT molecular complexity index is 565. The summed E-state index contributed by atoms with van der Waals surface area (Å²) in [5.41, 5.74) is 2.62. The van der Waals surface area contributed by atoms with E-state index in [1.54, 1.807) is 5.38 Å². The summed E-state index contributed by atoms with van der Waals surface area (Å²) in [6.07, 6.45) is 0. The van der Waals surface area contributed by atoms with Crippen LogP contribution in [0.25, 0.3) is 0 Å². The molecule has 0 amide bonds. The van der Waals surface area contributed by atoms with Crippen LogP contribution in [0.2, 0.25) is 0 Å². The molecule has 2 aromatic rings. The number of aromatic nitrogens is 1. The maximum atomic E-state index is 11.1. The smallest absolute Gasteiger partial charge is 0.187 e. The van der Waals surface area contributed by atoms with Gasteiger partial charge in [-0.25, -0.2) is 4.98 Å². The lowest BCUT2D eigenvalue weighted by Gasteiger charge is -2.04. The molecule has 0 aliphatic heterocycles. The molecule has 1 aromatic heterocycles. The number of Topliss-reactive ketones (excluding diaryl/α,β-unsaturated/α-hetero) is 1. The molecule has 0 radical (unpaired) electrons. The number of nitrogens with one attached hydrogen (secondary N) is 1. The Morgan fingerprint density at radius 3 is 2.82 bits per heavy atom. The first-order valence-corrected chi connectivity index (χ1v) is 6.73. The molecule has 0 saturated carbocycles. The Balaban J connectivity index is 2.19. The molecule has 0 spiro atoms. The number of hydrogen-bond donors (Lipinski definition) is 1. The summed E-state index contributed by atoms with van der Waals surface area (Å²) >= 11 is 4.88. The SMILES string of the molecule is CC(=O)c1csc(Nc2ccc(Br)c(C)c2)n1. The maximum Gasteiger partial charge on any atom is 0.187 e. The van der Waals surface area contributed by atoms with Gasteiger partial charge in [-0.15, -0.1) is 11.3 Å². The summed E-state index contributed by atoms with van der Waals surface area (Å²) in [6.45, 7) is 3.54. The van der Waals surface area contributed by atoms with Gasteiger partial charge in [0.25, 0.3) is 0 Å². The lowest BCUT2D eigenvalue weighted by atomic mass is 10.2. The molecule has 0 aliphatic carbocycles. The largest absolute Gasteiger partial charge is 0.332 e. The van der Waals surface area contributed by atoms with Crippen molar-refractivity contribution in [3.63, 3.8) is 0 Å². The van der Waals surface area contributed by atoms with Crippen molar-refractivity contribution in [1.82, 2.24) is 4.98 Å². The second-order valence-corrected chi connectivity index (χ2v) is 5.40. The van der Waals surface area contributed by atoms with Gasteiger partial charge in [0.2, 0.25) is 0 Å². The van der Waals surface area contributed by atoms with E-state index in [0.717, 1.165) is 20.9 Å². The number of hydrogen-bond acceptors (Lipinski definition) is 4. The standard InChI is InChI=1S/C12H11BrN2OS/c1-7-5-9(3-4-10(7)13)14-12-15-11(6-17-12)8(2)16/h3-6H,1-2H3,(H,14,15). The lowest BCUT2D eigenvalue weighted by molar-refractivity contribution is 0.101. The Kier molecular flexibility index (Phi) is 3.59. The lowest BCUT2D eigenvalue weighted by Crippen LogP contribution is -1.94. The molecule has 1 N–H and O–H groups in total. The van der Waals surface area contributed by atoms with Crippen LogP contribution >= 0.6 is 27.3 Å². The summed E-state index contributed by atoms with van der Waals surface area (Å²) in [7, 11) is 0. The fraction of sp³-hybridized carbons (Fsp3) is 0.167. The quantitative estimate of drug-likeness (QED) is 0.865. The molecule has 0 atom stereocenters. The van der Waals surface area contributed by atoms with Crippen molar-refractivity contribution in [2.75, 3.05) is 5.32 Å². The van der Waals surface area contributed by atoms with E-state index in [0.29, 0.717) is 5.69 Å². The van der Waals surface area contributed by atoms with E-state index in [4.69, 9.17) is 0 Å². The zero-order valence-corrected chi connectivity index (χ0v) is 11.9. The van der Waals surface area contributed by atoms with Crippen LogP contribution in [0.5, 0.6) is 0 Å². The number of thiazole rings is 1. The molecule has 17 heavy (non-hydrogen) atoms. The molecule has 3 nitrogen and oxygen atoms in total. The highest BCUT2D eigenvalue weighted by molar-refractivity contribution is 9.10. The Hall–Kier alpha value is -1.20. The highest BCUT2D eigenvalue weighted by Gasteiger charge is 2.06. The first-order chi connectivity index (χ1) is 8.06. The number of anilines is 2. The predicted molar refractivity (Wildman–Crippen MR) is 74.3 cm³/mol. The number of halogens is 1. The van der Waals surface area contributed by atoms with Crippen LogP contribution in [-0.4, -0.2) is 10.8 Å². The van der Waals surface area contributed by atoms with Gasteiger partial charge in [0, 0.05) is 22.5 Å². The number of carbonyl (C=O) groups excluding carboxylic acids is 1. The van der Waals surface area contributed by atoms with Gasteiger partial charge < -0.3 is 5.32 Å². The molecule has 0 fully saturated rings. The summed E-state index contributed by atoms with van der Waals surface area (Å²) < 4.78 is 1.08. The monoisotopic (exact) mass is 310 g/mol. The zero-order chi connectivity index (χ0) is 12.4. The van der Waals surface area contributed by atoms with Crippen LogP contribution in [0.15, 0.2) is 28.1 Å². The maximum absolute atomic E-state index is 11.1. The van der Waals surface area contributed by atoms with Crippen molar-refractivity contribution < 1.29 is 4.79 Å². The van der Waals surface area contributed by atoms with E-state index in [9.17, 15) is 4.79 Å². The van der Waals surface area contributed by atoms with Gasteiger partial charge >= 0.3 is 0 Å². The second kappa shape index (κ2) is 4.98. The molecular weight excluding hydrogens is 300 g/mol. The van der Waals surface area contributed by atoms with Crippen molar-refractivity contribution >= 4 is 43.9 Å². The van der Waals surface area contributed by atoms with Gasteiger partial charge in [-0.2, -0.15) is 0 Å². The topological polar surface area (TPSA) is 42.0 Å². The van der Waals surface area contributed by atoms with E-state index < -0.39 is 0 Å². The average Bonchev–Trinajstić information content (AvgIpc) is 2.72. The minimum absolute atomic E-state index is 0.0127. The third-order valence-electron chi connectivity index (χ3n) is 2.27. The zero-order valence-electron chi connectivity index (χ0n) is 9.45. The molecule has 1 heterocycles. The minimum atomic E-state index is -0.0127. The third kappa shape index (κ3) is 2.92. The van der Waals surface area contributed by atoms with Crippen LogP contribution in [-0.2, 0) is 0 Å². The molecule has 0 bridgehead atoms. The number of ketones is 1. The number of carbonyl (C=O) groups is 1. The number of nitrogens with zero attached hydrogens (tertiary/aromatic N) is 1. The predicted octanol–water partition coefficient (Wildman–Crippen LogP) is 4.16. The number of aryl methyl sites for hydroxylation is 1. The fourth-order valence-electron chi connectivity index (χ4n) is 1.34. The molecule has 1 aromatic carbocycles.